The van der Waals surface area contributed by atoms with Gasteiger partial charge in [0.05, 0.1) is 25.4 Å². The van der Waals surface area contributed by atoms with Crippen molar-refractivity contribution in [1.29, 1.82) is 0 Å². The molecule has 3 N–H and O–H groups in total. The molecular weight excluding hydrogens is 583 g/mol. The lowest BCUT2D eigenvalue weighted by atomic mass is 10.0. The van der Waals surface area contributed by atoms with Crippen LogP contribution in [0.2, 0.25) is 0 Å². The first-order chi connectivity index (χ1) is 21.0. The molecule has 244 valence electrons. The van der Waals surface area contributed by atoms with Crippen molar-refractivity contribution in [2.75, 3.05) is 19.4 Å². The van der Waals surface area contributed by atoms with Crippen molar-refractivity contribution < 1.29 is 37.8 Å². The first-order valence-electron chi connectivity index (χ1n) is 15.5. The highest BCUT2D eigenvalue weighted by atomic mass is 31.2. The second kappa shape index (κ2) is 20.1. The van der Waals surface area contributed by atoms with E-state index >= 15 is 0 Å². The summed E-state index contributed by atoms with van der Waals surface area (Å²) in [5.74, 6) is -1.73. The number of unbranched alkanes of at least 4 members (excludes halogenated alkanes) is 4. The molecule has 0 heterocycles. The topological polar surface area (TPSA) is 140 Å². The summed E-state index contributed by atoms with van der Waals surface area (Å²) in [5.41, 5.74) is 2.89. The van der Waals surface area contributed by atoms with E-state index in [0.717, 1.165) is 42.4 Å². The number of esters is 2. The quantitative estimate of drug-likeness (QED) is 0.0657. The summed E-state index contributed by atoms with van der Waals surface area (Å²) in [5, 5.41) is 5.56. The van der Waals surface area contributed by atoms with E-state index < -0.39 is 44.1 Å². The average Bonchev–Trinajstić information content (AvgIpc) is 2.99. The normalized spacial score (nSPS) is 14.0. The Bertz CT molecular complexity index is 1190. The smallest absolute Gasteiger partial charge is 0.344 e. The summed E-state index contributed by atoms with van der Waals surface area (Å²) >= 11 is 0. The molecule has 44 heavy (non-hydrogen) atoms. The number of hydrogen-bond donors (Lipinski definition) is 3. The number of rotatable bonds is 21. The van der Waals surface area contributed by atoms with Gasteiger partial charge in [0, 0.05) is 18.9 Å². The number of ether oxygens (including phenoxy) is 2. The van der Waals surface area contributed by atoms with E-state index in [1.807, 2.05) is 54.6 Å². The summed E-state index contributed by atoms with van der Waals surface area (Å²) < 4.78 is 28.8. The molecule has 3 atom stereocenters. The number of hydrogen-bond acceptors (Lipinski definition) is 8. The zero-order chi connectivity index (χ0) is 32.4. The van der Waals surface area contributed by atoms with Gasteiger partial charge >= 0.3 is 19.5 Å². The van der Waals surface area contributed by atoms with Gasteiger partial charge in [0.2, 0.25) is 12.2 Å². The van der Waals surface area contributed by atoms with Crippen LogP contribution in [0.1, 0.15) is 78.2 Å². The Labute approximate surface area is 261 Å². The number of amides is 1. The molecule has 0 saturated heterocycles. The van der Waals surface area contributed by atoms with Gasteiger partial charge in [-0.25, -0.2) is 0 Å². The Morgan fingerprint density at radius 2 is 1.52 bits per heavy atom. The van der Waals surface area contributed by atoms with Crippen LogP contribution in [-0.4, -0.2) is 54.5 Å². The van der Waals surface area contributed by atoms with Crippen LogP contribution in [0.4, 0.5) is 0 Å². The molecule has 0 aliphatic heterocycles. The fourth-order valence-corrected chi connectivity index (χ4v) is 5.50. The third-order valence-corrected chi connectivity index (χ3v) is 7.95. The van der Waals surface area contributed by atoms with Crippen molar-refractivity contribution in [3.05, 3.63) is 60.2 Å². The summed E-state index contributed by atoms with van der Waals surface area (Å²) in [4.78, 5) is 47.9. The highest BCUT2D eigenvalue weighted by Gasteiger charge is 2.31. The maximum absolute atomic E-state index is 13.1. The minimum absolute atomic E-state index is 0.000281. The lowest BCUT2D eigenvalue weighted by Gasteiger charge is -2.26. The van der Waals surface area contributed by atoms with Crippen molar-refractivity contribution >= 4 is 25.4 Å². The van der Waals surface area contributed by atoms with Gasteiger partial charge in [0.1, 0.15) is 0 Å². The van der Waals surface area contributed by atoms with Gasteiger partial charge < -0.3 is 19.7 Å². The molecule has 0 spiro atoms. The lowest BCUT2D eigenvalue weighted by Crippen LogP contribution is -2.46. The van der Waals surface area contributed by atoms with Gasteiger partial charge in [0.15, 0.2) is 0 Å². The molecule has 0 bridgehead atoms. The molecule has 1 amide bonds. The Hall–Kier alpha value is -3.04. The van der Waals surface area contributed by atoms with Gasteiger partial charge in [-0.2, -0.15) is 0 Å². The molecule has 0 aliphatic rings. The second-order valence-electron chi connectivity index (χ2n) is 11.0. The lowest BCUT2D eigenvalue weighted by molar-refractivity contribution is -0.170. The summed E-state index contributed by atoms with van der Waals surface area (Å²) in [6, 6.07) is 16.7. The molecule has 0 fully saturated rings. The minimum Gasteiger partial charge on any atom is -0.466 e. The summed E-state index contributed by atoms with van der Waals surface area (Å²) in [7, 11) is -4.34. The first kappa shape index (κ1) is 37.1. The van der Waals surface area contributed by atoms with Crippen LogP contribution in [-0.2, 0) is 39.4 Å². The molecule has 11 heteroatoms. The average molecular weight is 633 g/mol. The van der Waals surface area contributed by atoms with Crippen LogP contribution >= 0.6 is 7.60 Å². The second-order valence-corrected chi connectivity index (χ2v) is 12.8. The van der Waals surface area contributed by atoms with Crippen molar-refractivity contribution in [2.24, 2.45) is 5.92 Å². The molecule has 2 rings (SSSR count). The molecule has 0 radical (unpaired) electrons. The highest BCUT2D eigenvalue weighted by Crippen LogP contribution is 2.43. The third kappa shape index (κ3) is 14.6. The zero-order valence-corrected chi connectivity index (χ0v) is 27.4. The minimum atomic E-state index is -4.34. The Morgan fingerprint density at radius 1 is 0.864 bits per heavy atom. The predicted octanol–water partition coefficient (Wildman–Crippen LogP) is 5.97. The van der Waals surface area contributed by atoms with E-state index in [4.69, 9.17) is 14.0 Å². The van der Waals surface area contributed by atoms with Crippen molar-refractivity contribution in [2.45, 2.75) is 91.4 Å². The van der Waals surface area contributed by atoms with Crippen LogP contribution in [0.25, 0.3) is 11.1 Å². The van der Waals surface area contributed by atoms with Gasteiger partial charge in [-0.05, 0) is 36.5 Å². The number of carbonyl (C=O) groups is 3. The van der Waals surface area contributed by atoms with Gasteiger partial charge in [-0.3, -0.25) is 28.8 Å². The largest absolute Gasteiger partial charge is 0.466 e. The van der Waals surface area contributed by atoms with E-state index in [-0.39, 0.29) is 38.3 Å². The summed E-state index contributed by atoms with van der Waals surface area (Å²) in [6.45, 7) is 7.57. The van der Waals surface area contributed by atoms with Crippen molar-refractivity contribution in [3.63, 3.8) is 0 Å². The number of carbonyl (C=O) groups excluding carboxylic acids is 3. The van der Waals surface area contributed by atoms with Gasteiger partial charge in [-0.15, -0.1) is 0 Å². The molecule has 0 saturated carbocycles. The third-order valence-electron chi connectivity index (χ3n) is 6.83. The standard InChI is InChI=1S/C33H49N2O8P/c1-5-7-8-9-13-16-31(37)42-33(25(3)4)43-44(39,40)24-35-29(32(38)34-22-21-30(36)41-6-2)23-26-17-19-28(20-18-26)27-14-11-10-12-15-27/h10-12,14-15,17-20,25,29,33,35H,5-9,13,16,21-24H2,1-4H3,(H,34,38)(H,39,40)/t29-,33?/m0/s1. The molecule has 0 aromatic heterocycles. The maximum atomic E-state index is 13.1. The fourth-order valence-electron chi connectivity index (χ4n) is 4.37. The molecule has 10 nitrogen and oxygen atoms in total. The highest BCUT2D eigenvalue weighted by molar-refractivity contribution is 7.52. The zero-order valence-electron chi connectivity index (χ0n) is 26.5. The van der Waals surface area contributed by atoms with E-state index in [9.17, 15) is 23.8 Å². The van der Waals surface area contributed by atoms with E-state index in [1.165, 1.54) is 0 Å². The summed E-state index contributed by atoms with van der Waals surface area (Å²) in [6.07, 6.45) is 3.50. The van der Waals surface area contributed by atoms with Crippen LogP contribution in [0.5, 0.6) is 0 Å². The van der Waals surface area contributed by atoms with Gasteiger partial charge in [0.25, 0.3) is 0 Å². The molecule has 2 aromatic carbocycles. The van der Waals surface area contributed by atoms with Crippen molar-refractivity contribution in [3.8, 4) is 11.1 Å². The molecular formula is C33H49N2O8P. The van der Waals surface area contributed by atoms with Crippen LogP contribution < -0.4 is 10.6 Å². The predicted molar refractivity (Wildman–Crippen MR) is 171 cm³/mol. The van der Waals surface area contributed by atoms with Crippen molar-refractivity contribution in [1.82, 2.24) is 10.6 Å². The van der Waals surface area contributed by atoms with Crippen LogP contribution in [0.3, 0.4) is 0 Å². The number of benzene rings is 2. The molecule has 2 aromatic rings. The monoisotopic (exact) mass is 632 g/mol. The van der Waals surface area contributed by atoms with Crippen LogP contribution in [0, 0.1) is 5.92 Å². The van der Waals surface area contributed by atoms with E-state index in [1.54, 1.807) is 20.8 Å². The maximum Gasteiger partial charge on any atom is 0.344 e. The molecule has 2 unspecified atom stereocenters. The SMILES string of the molecule is CCCCCCCC(=O)OC(OP(=O)(O)CN[C@@H](Cc1ccc(-c2ccccc2)cc1)C(=O)NCCC(=O)OCC)C(C)C. The van der Waals surface area contributed by atoms with Gasteiger partial charge in [-0.1, -0.05) is 101 Å². The Balaban J connectivity index is 2.05. The van der Waals surface area contributed by atoms with Crippen LogP contribution in [0.15, 0.2) is 54.6 Å². The molecule has 0 aliphatic carbocycles. The Morgan fingerprint density at radius 3 is 2.16 bits per heavy atom. The fraction of sp³-hybridized carbons (Fsp3) is 0.545. The van der Waals surface area contributed by atoms with E-state index in [0.29, 0.717) is 6.42 Å². The van der Waals surface area contributed by atoms with E-state index in [2.05, 4.69) is 17.6 Å². The first-order valence-corrected chi connectivity index (χ1v) is 17.3. The number of nitrogens with one attached hydrogen (secondary N) is 2. The Kier molecular flexibility index (Phi) is 17.0.